The highest BCUT2D eigenvalue weighted by Crippen LogP contribution is 2.33. The minimum atomic E-state index is 0.433. The molecular formula is C11H6Br2N4. The molecule has 0 saturated heterocycles. The number of para-hydroxylation sites is 1. The number of anilines is 2. The fraction of sp³-hybridized carbons (Fsp3) is 0. The van der Waals surface area contributed by atoms with Gasteiger partial charge >= 0.3 is 0 Å². The highest BCUT2D eigenvalue weighted by Gasteiger charge is 2.08. The van der Waals surface area contributed by atoms with Gasteiger partial charge in [0.25, 0.3) is 0 Å². The summed E-state index contributed by atoms with van der Waals surface area (Å²) in [6, 6.07) is 9.37. The summed E-state index contributed by atoms with van der Waals surface area (Å²) >= 11 is 6.85. The summed E-state index contributed by atoms with van der Waals surface area (Å²) in [6.07, 6.45) is 1.48. The van der Waals surface area contributed by atoms with Crippen molar-refractivity contribution in [3.8, 4) is 6.07 Å². The second-order valence-electron chi connectivity index (χ2n) is 3.13. The molecule has 0 amide bonds. The fourth-order valence-electron chi connectivity index (χ4n) is 1.25. The van der Waals surface area contributed by atoms with Crippen LogP contribution in [0.5, 0.6) is 0 Å². The molecular weight excluding hydrogens is 348 g/mol. The molecule has 0 aliphatic carbocycles. The Morgan fingerprint density at radius 2 is 1.88 bits per heavy atom. The Bertz CT molecular complexity index is 572. The summed E-state index contributed by atoms with van der Waals surface area (Å²) in [4.78, 5) is 0. The molecule has 84 valence electrons. The van der Waals surface area contributed by atoms with Gasteiger partial charge in [0.05, 0.1) is 17.4 Å². The molecule has 0 unspecified atom stereocenters. The van der Waals surface area contributed by atoms with E-state index in [0.29, 0.717) is 11.4 Å². The van der Waals surface area contributed by atoms with E-state index in [2.05, 4.69) is 53.4 Å². The normalized spacial score (nSPS) is 9.71. The Labute approximate surface area is 115 Å². The smallest absolute Gasteiger partial charge is 0.171 e. The minimum Gasteiger partial charge on any atom is -0.336 e. The molecule has 1 heterocycles. The average Bonchev–Trinajstić information content (AvgIpc) is 2.34. The van der Waals surface area contributed by atoms with E-state index in [0.717, 1.165) is 14.6 Å². The van der Waals surface area contributed by atoms with Gasteiger partial charge in [0.15, 0.2) is 5.82 Å². The molecule has 0 spiro atoms. The highest BCUT2D eigenvalue weighted by molar-refractivity contribution is 9.11. The molecule has 0 atom stereocenters. The van der Waals surface area contributed by atoms with Crippen molar-refractivity contribution in [1.82, 2.24) is 10.2 Å². The van der Waals surface area contributed by atoms with Gasteiger partial charge in [-0.25, -0.2) is 0 Å². The van der Waals surface area contributed by atoms with E-state index in [1.165, 1.54) is 6.20 Å². The Morgan fingerprint density at radius 1 is 1.18 bits per heavy atom. The number of aromatic nitrogens is 2. The predicted molar refractivity (Wildman–Crippen MR) is 71.9 cm³/mol. The lowest BCUT2D eigenvalue weighted by molar-refractivity contribution is 1.03. The second kappa shape index (κ2) is 5.25. The van der Waals surface area contributed by atoms with Gasteiger partial charge < -0.3 is 5.32 Å². The van der Waals surface area contributed by atoms with Crippen molar-refractivity contribution in [2.45, 2.75) is 0 Å². The zero-order valence-corrected chi connectivity index (χ0v) is 11.7. The van der Waals surface area contributed by atoms with Crippen LogP contribution in [0.4, 0.5) is 11.5 Å². The lowest BCUT2D eigenvalue weighted by Crippen LogP contribution is -1.99. The molecule has 0 radical (unpaired) electrons. The standard InChI is InChI=1S/C11H6Br2N4/c12-8-2-1-3-9(13)10(8)16-11-7(6-14)4-5-15-17-11/h1-5H,(H,16,17). The maximum absolute atomic E-state index is 8.95. The van der Waals surface area contributed by atoms with Crippen LogP contribution in [0.15, 0.2) is 39.4 Å². The molecule has 0 bridgehead atoms. The van der Waals surface area contributed by atoms with Gasteiger partial charge in [0.1, 0.15) is 6.07 Å². The van der Waals surface area contributed by atoms with E-state index in [4.69, 9.17) is 5.26 Å². The van der Waals surface area contributed by atoms with Gasteiger partial charge in [0.2, 0.25) is 0 Å². The molecule has 2 rings (SSSR count). The first-order valence-corrected chi connectivity index (χ1v) is 6.24. The lowest BCUT2D eigenvalue weighted by Gasteiger charge is -2.09. The first-order valence-electron chi connectivity index (χ1n) is 4.65. The lowest BCUT2D eigenvalue weighted by atomic mass is 10.3. The minimum absolute atomic E-state index is 0.433. The molecule has 6 heteroatoms. The number of hydrogen-bond donors (Lipinski definition) is 1. The van der Waals surface area contributed by atoms with Gasteiger partial charge in [-0.1, -0.05) is 6.07 Å². The third-order valence-corrected chi connectivity index (χ3v) is 3.37. The van der Waals surface area contributed by atoms with Gasteiger partial charge in [-0.05, 0) is 50.1 Å². The molecule has 1 aromatic carbocycles. The van der Waals surface area contributed by atoms with Crippen LogP contribution < -0.4 is 5.32 Å². The molecule has 1 N–H and O–H groups in total. The van der Waals surface area contributed by atoms with Gasteiger partial charge in [0, 0.05) is 8.95 Å². The number of nitrogens with one attached hydrogen (secondary N) is 1. The summed E-state index contributed by atoms with van der Waals surface area (Å²) < 4.78 is 1.75. The summed E-state index contributed by atoms with van der Waals surface area (Å²) in [5, 5.41) is 19.7. The number of halogens is 2. The molecule has 17 heavy (non-hydrogen) atoms. The third-order valence-electron chi connectivity index (χ3n) is 2.05. The van der Waals surface area contributed by atoms with E-state index in [9.17, 15) is 0 Å². The SMILES string of the molecule is N#Cc1ccnnc1Nc1c(Br)cccc1Br. The Hall–Kier alpha value is -1.45. The van der Waals surface area contributed by atoms with Crippen LogP contribution in [-0.2, 0) is 0 Å². The highest BCUT2D eigenvalue weighted by atomic mass is 79.9. The number of nitriles is 1. The number of benzene rings is 1. The van der Waals surface area contributed by atoms with Crippen LogP contribution in [0.1, 0.15) is 5.56 Å². The quantitative estimate of drug-likeness (QED) is 0.895. The van der Waals surface area contributed by atoms with E-state index in [-0.39, 0.29) is 0 Å². The topological polar surface area (TPSA) is 61.6 Å². The summed E-state index contributed by atoms with van der Waals surface area (Å²) in [5.41, 5.74) is 1.26. The van der Waals surface area contributed by atoms with E-state index in [1.807, 2.05) is 18.2 Å². The van der Waals surface area contributed by atoms with Crippen LogP contribution in [0, 0.1) is 11.3 Å². The van der Waals surface area contributed by atoms with Crippen molar-refractivity contribution >= 4 is 43.4 Å². The van der Waals surface area contributed by atoms with Crippen molar-refractivity contribution in [2.24, 2.45) is 0 Å². The Kier molecular flexibility index (Phi) is 3.71. The van der Waals surface area contributed by atoms with Crippen LogP contribution in [-0.4, -0.2) is 10.2 Å². The van der Waals surface area contributed by atoms with E-state index >= 15 is 0 Å². The molecule has 2 aromatic rings. The largest absolute Gasteiger partial charge is 0.336 e. The molecule has 1 aromatic heterocycles. The van der Waals surface area contributed by atoms with Crippen molar-refractivity contribution in [3.63, 3.8) is 0 Å². The molecule has 0 saturated carbocycles. The van der Waals surface area contributed by atoms with Crippen LogP contribution in [0.2, 0.25) is 0 Å². The van der Waals surface area contributed by atoms with Crippen LogP contribution >= 0.6 is 31.9 Å². The van der Waals surface area contributed by atoms with Crippen LogP contribution in [0.3, 0.4) is 0 Å². The molecule has 4 nitrogen and oxygen atoms in total. The number of nitrogens with zero attached hydrogens (tertiary/aromatic N) is 3. The number of hydrogen-bond acceptors (Lipinski definition) is 4. The average molecular weight is 354 g/mol. The fourth-order valence-corrected chi connectivity index (χ4v) is 2.45. The van der Waals surface area contributed by atoms with Gasteiger partial charge in [-0.2, -0.15) is 10.4 Å². The predicted octanol–water partition coefficient (Wildman–Crippen LogP) is 3.62. The maximum Gasteiger partial charge on any atom is 0.171 e. The molecule has 0 aliphatic rings. The summed E-state index contributed by atoms with van der Waals surface area (Å²) in [6.45, 7) is 0. The zero-order chi connectivity index (χ0) is 12.3. The second-order valence-corrected chi connectivity index (χ2v) is 4.84. The van der Waals surface area contributed by atoms with Gasteiger partial charge in [-0.15, -0.1) is 5.10 Å². The van der Waals surface area contributed by atoms with Crippen molar-refractivity contribution in [2.75, 3.05) is 5.32 Å². The maximum atomic E-state index is 8.95. The molecule has 0 fully saturated rings. The summed E-state index contributed by atoms with van der Waals surface area (Å²) in [7, 11) is 0. The Balaban J connectivity index is 2.42. The van der Waals surface area contributed by atoms with E-state index < -0.39 is 0 Å². The molecule has 0 aliphatic heterocycles. The number of rotatable bonds is 2. The van der Waals surface area contributed by atoms with Crippen molar-refractivity contribution < 1.29 is 0 Å². The third kappa shape index (κ3) is 2.62. The monoisotopic (exact) mass is 352 g/mol. The van der Waals surface area contributed by atoms with Crippen LogP contribution in [0.25, 0.3) is 0 Å². The summed E-state index contributed by atoms with van der Waals surface area (Å²) in [5.74, 6) is 0.433. The van der Waals surface area contributed by atoms with E-state index in [1.54, 1.807) is 6.07 Å². The first kappa shape index (κ1) is 12.0. The Morgan fingerprint density at radius 3 is 2.53 bits per heavy atom. The zero-order valence-electron chi connectivity index (χ0n) is 8.48. The first-order chi connectivity index (χ1) is 8.22. The van der Waals surface area contributed by atoms with Crippen molar-refractivity contribution in [1.29, 1.82) is 5.26 Å². The van der Waals surface area contributed by atoms with Crippen molar-refractivity contribution in [3.05, 3.63) is 45.0 Å². The van der Waals surface area contributed by atoms with Gasteiger partial charge in [-0.3, -0.25) is 0 Å².